The van der Waals surface area contributed by atoms with Gasteiger partial charge in [0.25, 0.3) is 0 Å². The standard InChI is InChI=1S/C8H8INO/c9-6-8(11)10-7-4-2-1-3-5-7/h1-5H,6H2,(H,10,11)/i1+1,2+1,3+1,4+1,5+1,7+1. The molecule has 0 heterocycles. The van der Waals surface area contributed by atoms with Gasteiger partial charge in [0, 0.05) is 5.69 Å². The Balaban J connectivity index is 2.58. The molecule has 2 nitrogen and oxygen atoms in total. The summed E-state index contributed by atoms with van der Waals surface area (Å²) in [5, 5.41) is 2.75. The van der Waals surface area contributed by atoms with Gasteiger partial charge in [-0.05, 0) is 12.1 Å². The maximum Gasteiger partial charge on any atom is 0.234 e. The van der Waals surface area contributed by atoms with E-state index in [1.54, 1.807) is 0 Å². The molecule has 0 aliphatic rings. The van der Waals surface area contributed by atoms with Crippen LogP contribution in [0.2, 0.25) is 0 Å². The number of nitrogens with one attached hydrogen (secondary N) is 1. The van der Waals surface area contributed by atoms with Crippen LogP contribution in [-0.2, 0) is 4.79 Å². The topological polar surface area (TPSA) is 29.1 Å². The van der Waals surface area contributed by atoms with Crippen LogP contribution < -0.4 is 5.32 Å². The highest BCUT2D eigenvalue weighted by molar-refractivity contribution is 14.1. The second-order valence-electron chi connectivity index (χ2n) is 2.05. The molecule has 3 heteroatoms. The molecule has 1 N–H and O–H groups in total. The summed E-state index contributed by atoms with van der Waals surface area (Å²) in [4.78, 5) is 10.9. The minimum atomic E-state index is 0.0387. The molecular formula is C8H8INO. The summed E-state index contributed by atoms with van der Waals surface area (Å²) in [7, 11) is 0. The van der Waals surface area contributed by atoms with E-state index >= 15 is 0 Å². The van der Waals surface area contributed by atoms with Crippen LogP contribution in [0.4, 0.5) is 5.69 Å². The molecule has 0 saturated carbocycles. The first-order valence-electron chi connectivity index (χ1n) is 3.24. The number of carbonyl (C=O) groups is 1. The van der Waals surface area contributed by atoms with Crippen molar-refractivity contribution in [1.29, 1.82) is 0 Å². The van der Waals surface area contributed by atoms with E-state index in [0.29, 0.717) is 4.43 Å². The number of hydrogen-bond donors (Lipinski definition) is 1. The Morgan fingerprint density at radius 2 is 2.00 bits per heavy atom. The van der Waals surface area contributed by atoms with Crippen molar-refractivity contribution in [2.45, 2.75) is 0 Å². The van der Waals surface area contributed by atoms with Crippen molar-refractivity contribution >= 4 is 34.2 Å². The molecule has 0 atom stereocenters. The molecular weight excluding hydrogens is 259 g/mol. The van der Waals surface area contributed by atoms with Crippen LogP contribution in [0.1, 0.15) is 0 Å². The van der Waals surface area contributed by atoms with E-state index in [9.17, 15) is 4.79 Å². The highest BCUT2D eigenvalue weighted by atomic mass is 127. The summed E-state index contributed by atoms with van der Waals surface area (Å²) >= 11 is 2.03. The SMILES string of the molecule is O=C(CI)N[13c]1[13cH][13cH][13cH][13cH][13cH]1. The molecule has 0 aliphatic carbocycles. The van der Waals surface area contributed by atoms with E-state index < -0.39 is 0 Å². The Labute approximate surface area is 79.1 Å². The molecule has 1 aromatic carbocycles. The van der Waals surface area contributed by atoms with Crippen LogP contribution in [0, 0.1) is 0 Å². The molecule has 1 rings (SSSR count). The van der Waals surface area contributed by atoms with Crippen molar-refractivity contribution in [3.63, 3.8) is 0 Å². The summed E-state index contributed by atoms with van der Waals surface area (Å²) in [6.45, 7) is 0. The molecule has 0 unspecified atom stereocenters. The number of rotatable bonds is 2. The fourth-order valence-electron chi connectivity index (χ4n) is 0.716. The van der Waals surface area contributed by atoms with Gasteiger partial charge >= 0.3 is 0 Å². The molecule has 0 bridgehead atoms. The minimum absolute atomic E-state index is 0.0387. The maximum absolute atomic E-state index is 10.9. The molecule has 0 spiro atoms. The summed E-state index contributed by atoms with van der Waals surface area (Å²) in [5.41, 5.74) is 0.856. The minimum Gasteiger partial charge on any atom is -0.325 e. The smallest absolute Gasteiger partial charge is 0.234 e. The van der Waals surface area contributed by atoms with Crippen LogP contribution in [0.3, 0.4) is 0 Å². The Hall–Kier alpha value is -0.580. The fourth-order valence-corrected chi connectivity index (χ4v) is 0.907. The van der Waals surface area contributed by atoms with E-state index in [2.05, 4.69) is 5.32 Å². The van der Waals surface area contributed by atoms with Crippen molar-refractivity contribution in [3.05, 3.63) is 30.3 Å². The second kappa shape index (κ2) is 4.33. The van der Waals surface area contributed by atoms with Gasteiger partial charge in [-0.25, -0.2) is 0 Å². The van der Waals surface area contributed by atoms with E-state index in [-0.39, 0.29) is 5.91 Å². The Bertz CT molecular complexity index is 235. The lowest BCUT2D eigenvalue weighted by Crippen LogP contribution is -2.11. The van der Waals surface area contributed by atoms with Gasteiger partial charge < -0.3 is 5.32 Å². The van der Waals surface area contributed by atoms with Gasteiger partial charge in [-0.15, -0.1) is 0 Å². The molecule has 0 radical (unpaired) electrons. The van der Waals surface area contributed by atoms with Crippen LogP contribution in [0.15, 0.2) is 30.3 Å². The monoisotopic (exact) mass is 267 g/mol. The summed E-state index contributed by atoms with van der Waals surface area (Å²) in [6.07, 6.45) is 0. The Morgan fingerprint density at radius 1 is 1.36 bits per heavy atom. The van der Waals surface area contributed by atoms with Gasteiger partial charge in [0.15, 0.2) is 0 Å². The number of hydrogen-bond acceptors (Lipinski definition) is 1. The highest BCUT2D eigenvalue weighted by Crippen LogP contribution is 2.04. The summed E-state index contributed by atoms with van der Waals surface area (Å²) in [6, 6.07) is 9.43. The summed E-state index contributed by atoms with van der Waals surface area (Å²) in [5.74, 6) is 0.0387. The lowest BCUT2D eigenvalue weighted by molar-refractivity contribution is -0.113. The third kappa shape index (κ3) is 2.88. The zero-order valence-electron chi connectivity index (χ0n) is 5.88. The molecule has 1 aromatic rings. The predicted octanol–water partition coefficient (Wildman–Crippen LogP) is 2.06. The number of para-hydroxylation sites is 1. The van der Waals surface area contributed by atoms with Gasteiger partial charge in [0.05, 0.1) is 4.43 Å². The predicted molar refractivity (Wildman–Crippen MR) is 54.0 cm³/mol. The van der Waals surface area contributed by atoms with Gasteiger partial charge in [0.2, 0.25) is 5.91 Å². The Morgan fingerprint density at radius 3 is 2.55 bits per heavy atom. The van der Waals surface area contributed by atoms with Gasteiger partial charge in [-0.3, -0.25) is 4.79 Å². The molecule has 0 aromatic heterocycles. The van der Waals surface area contributed by atoms with Crippen molar-refractivity contribution in [3.8, 4) is 0 Å². The molecule has 11 heavy (non-hydrogen) atoms. The van der Waals surface area contributed by atoms with Crippen LogP contribution in [0.25, 0.3) is 0 Å². The zero-order chi connectivity index (χ0) is 8.10. The van der Waals surface area contributed by atoms with Gasteiger partial charge in [0.1, 0.15) is 0 Å². The number of halogens is 1. The molecule has 0 saturated heterocycles. The number of carbonyl (C=O) groups excluding carboxylic acids is 1. The van der Waals surface area contributed by atoms with Crippen molar-refractivity contribution in [1.82, 2.24) is 0 Å². The lowest BCUT2D eigenvalue weighted by atomic mass is 10.7. The third-order valence-electron chi connectivity index (χ3n) is 1.18. The quantitative estimate of drug-likeness (QED) is 0.645. The average Bonchev–Trinajstić information content (AvgIpc) is 2.06. The number of amides is 1. The maximum atomic E-state index is 10.9. The average molecular weight is 267 g/mol. The van der Waals surface area contributed by atoms with Gasteiger partial charge in [-0.2, -0.15) is 0 Å². The highest BCUT2D eigenvalue weighted by Gasteiger charge is 1.96. The largest absolute Gasteiger partial charge is 0.325 e. The first kappa shape index (κ1) is 8.52. The normalized spacial score (nSPS) is 9.18. The van der Waals surface area contributed by atoms with E-state index in [4.69, 9.17) is 0 Å². The number of anilines is 1. The second-order valence-corrected chi connectivity index (χ2v) is 2.81. The molecule has 0 fully saturated rings. The van der Waals surface area contributed by atoms with E-state index in [1.165, 1.54) is 0 Å². The van der Waals surface area contributed by atoms with Crippen molar-refractivity contribution in [2.75, 3.05) is 9.74 Å². The van der Waals surface area contributed by atoms with E-state index in [0.717, 1.165) is 5.69 Å². The van der Waals surface area contributed by atoms with Crippen molar-refractivity contribution < 1.29 is 4.79 Å². The van der Waals surface area contributed by atoms with Crippen molar-refractivity contribution in [2.24, 2.45) is 0 Å². The van der Waals surface area contributed by atoms with Crippen LogP contribution >= 0.6 is 22.6 Å². The first-order chi connectivity index (χ1) is 5.33. The lowest BCUT2D eigenvalue weighted by Gasteiger charge is -2.00. The zero-order valence-corrected chi connectivity index (χ0v) is 8.04. The first-order valence-corrected chi connectivity index (χ1v) is 4.76. The number of alkyl halides is 1. The summed E-state index contributed by atoms with van der Waals surface area (Å²) < 4.78 is 0.493. The van der Waals surface area contributed by atoms with Gasteiger partial charge in [-0.1, -0.05) is 40.8 Å². The fraction of sp³-hybridized carbons (Fsp3) is 0.125. The van der Waals surface area contributed by atoms with Crippen LogP contribution in [-0.4, -0.2) is 10.3 Å². The number of benzene rings is 1. The molecule has 0 aliphatic heterocycles. The van der Waals surface area contributed by atoms with Crippen LogP contribution in [0.5, 0.6) is 0 Å². The molecule has 58 valence electrons. The third-order valence-corrected chi connectivity index (χ3v) is 1.87. The Kier molecular flexibility index (Phi) is 3.35. The van der Waals surface area contributed by atoms with E-state index in [1.807, 2.05) is 52.9 Å². The molecule has 1 amide bonds.